The van der Waals surface area contributed by atoms with Crippen molar-refractivity contribution in [2.75, 3.05) is 36.7 Å². The van der Waals surface area contributed by atoms with Crippen molar-refractivity contribution in [1.82, 2.24) is 4.90 Å². The molecule has 0 radical (unpaired) electrons. The minimum absolute atomic E-state index is 0.428. The van der Waals surface area contributed by atoms with Gasteiger partial charge in [0.1, 0.15) is 23.8 Å². The maximum absolute atomic E-state index is 11.9. The molecule has 2 aliphatic heterocycles. The molecule has 0 aromatic heterocycles. The molecule has 0 saturated carbocycles. The van der Waals surface area contributed by atoms with Crippen LogP contribution in [0.1, 0.15) is 44.7 Å². The van der Waals surface area contributed by atoms with E-state index >= 15 is 0 Å². The van der Waals surface area contributed by atoms with Gasteiger partial charge >= 0.3 is 0 Å². The van der Waals surface area contributed by atoms with Gasteiger partial charge in [0.05, 0.1) is 18.4 Å². The molecule has 0 aliphatic carbocycles. The number of carbonyl (C=O) groups is 1. The molecule has 7 heteroatoms. The van der Waals surface area contributed by atoms with Crippen LogP contribution in [0.3, 0.4) is 0 Å². The van der Waals surface area contributed by atoms with E-state index < -0.39 is 5.60 Å². The lowest BCUT2D eigenvalue weighted by atomic mass is 10.1. The predicted molar refractivity (Wildman–Crippen MR) is 155 cm³/mol. The predicted octanol–water partition coefficient (Wildman–Crippen LogP) is 6.13. The van der Waals surface area contributed by atoms with Crippen LogP contribution in [0, 0.1) is 0 Å². The number of hydroxylamine groups is 1. The quantitative estimate of drug-likeness (QED) is 0.246. The fraction of sp³-hybridized carbons (Fsp3) is 0.406. The maximum atomic E-state index is 11.9. The number of likely N-dealkylation sites (tertiary alicyclic amines) is 1. The minimum atomic E-state index is -0.514. The molecular weight excluding hydrogens is 490 g/mol. The lowest BCUT2D eigenvalue weighted by Crippen LogP contribution is -2.39. The third-order valence-electron chi connectivity index (χ3n) is 7.35. The largest absolute Gasteiger partial charge is 0.494 e. The molecule has 206 valence electrons. The second-order valence-electron chi connectivity index (χ2n) is 11.2. The maximum Gasteiger partial charge on any atom is 0.238 e. The first-order chi connectivity index (χ1) is 18.9. The summed E-state index contributed by atoms with van der Waals surface area (Å²) in [6.07, 6.45) is 3.91. The molecule has 1 saturated heterocycles. The number of rotatable bonds is 9. The Balaban J connectivity index is 1.33. The van der Waals surface area contributed by atoms with Gasteiger partial charge in [-0.1, -0.05) is 36.4 Å². The van der Waals surface area contributed by atoms with Gasteiger partial charge < -0.3 is 14.4 Å². The number of para-hydroxylation sites is 3. The van der Waals surface area contributed by atoms with Crippen molar-refractivity contribution >= 4 is 23.5 Å². The van der Waals surface area contributed by atoms with E-state index in [0.717, 1.165) is 49.5 Å². The zero-order chi connectivity index (χ0) is 27.4. The minimum Gasteiger partial charge on any atom is -0.494 e. The Kier molecular flexibility index (Phi) is 8.10. The van der Waals surface area contributed by atoms with Crippen LogP contribution < -0.4 is 19.4 Å². The second-order valence-corrected chi connectivity index (χ2v) is 11.2. The summed E-state index contributed by atoms with van der Waals surface area (Å²) in [7, 11) is 1.61. The zero-order valence-corrected chi connectivity index (χ0v) is 23.4. The molecule has 3 aromatic carbocycles. The van der Waals surface area contributed by atoms with Crippen LogP contribution in [-0.4, -0.2) is 49.7 Å². The molecule has 0 spiro atoms. The first-order valence-corrected chi connectivity index (χ1v) is 13.8. The van der Waals surface area contributed by atoms with Crippen LogP contribution in [0.5, 0.6) is 11.5 Å². The van der Waals surface area contributed by atoms with E-state index in [0.29, 0.717) is 30.5 Å². The molecular formula is C32H39N3O4. The van der Waals surface area contributed by atoms with Gasteiger partial charge in [-0.15, -0.1) is 0 Å². The second kappa shape index (κ2) is 11.7. The first-order valence-electron chi connectivity index (χ1n) is 13.8. The van der Waals surface area contributed by atoms with Gasteiger partial charge in [-0.25, -0.2) is 0 Å². The molecule has 1 atom stereocenters. The average molecular weight is 530 g/mol. The van der Waals surface area contributed by atoms with Gasteiger partial charge in [0.15, 0.2) is 0 Å². The molecule has 39 heavy (non-hydrogen) atoms. The number of methoxy groups -OCH3 is 1. The Morgan fingerprint density at radius 3 is 2.59 bits per heavy atom. The van der Waals surface area contributed by atoms with Crippen LogP contribution in [-0.2, 0) is 22.7 Å². The summed E-state index contributed by atoms with van der Waals surface area (Å²) in [6, 6.07) is 23.3. The van der Waals surface area contributed by atoms with Crippen molar-refractivity contribution in [2.45, 2.75) is 58.3 Å². The summed E-state index contributed by atoms with van der Waals surface area (Å²) >= 11 is 0. The lowest BCUT2D eigenvalue weighted by molar-refractivity contribution is -0.120. The summed E-state index contributed by atoms with van der Waals surface area (Å²) < 4.78 is 11.7. The van der Waals surface area contributed by atoms with Gasteiger partial charge in [0.2, 0.25) is 6.41 Å². The Morgan fingerprint density at radius 1 is 1.05 bits per heavy atom. The molecule has 5 rings (SSSR count). The number of hydrogen-bond donors (Lipinski definition) is 0. The Morgan fingerprint density at radius 2 is 1.82 bits per heavy atom. The van der Waals surface area contributed by atoms with E-state index in [4.69, 9.17) is 14.3 Å². The van der Waals surface area contributed by atoms with Crippen LogP contribution in [0.2, 0.25) is 0 Å². The smallest absolute Gasteiger partial charge is 0.238 e. The summed E-state index contributed by atoms with van der Waals surface area (Å²) in [5, 5.41) is 1.28. The van der Waals surface area contributed by atoms with Crippen molar-refractivity contribution in [1.29, 1.82) is 0 Å². The highest BCUT2D eigenvalue weighted by atomic mass is 16.7. The number of benzene rings is 3. The summed E-state index contributed by atoms with van der Waals surface area (Å²) in [4.78, 5) is 22.8. The van der Waals surface area contributed by atoms with Crippen LogP contribution in [0.25, 0.3) is 0 Å². The van der Waals surface area contributed by atoms with E-state index in [9.17, 15) is 4.79 Å². The number of amides is 1. The van der Waals surface area contributed by atoms with Crippen LogP contribution in [0.4, 0.5) is 17.1 Å². The van der Waals surface area contributed by atoms with E-state index in [1.54, 1.807) is 7.11 Å². The molecule has 3 aromatic rings. The summed E-state index contributed by atoms with van der Waals surface area (Å²) in [5.74, 6) is 1.54. The number of fused-ring (bicyclic) bond motifs is 2. The third-order valence-corrected chi connectivity index (χ3v) is 7.35. The monoisotopic (exact) mass is 529 g/mol. The van der Waals surface area contributed by atoms with E-state index in [1.807, 2.05) is 39.0 Å². The zero-order valence-electron chi connectivity index (χ0n) is 23.4. The molecule has 7 nitrogen and oxygen atoms in total. The van der Waals surface area contributed by atoms with E-state index in [-0.39, 0.29) is 0 Å². The standard InChI is InChI=1S/C32H39N3O4/c1-32(2,3)39-35(23-36)29-20-24(15-16-30(29)37-4)17-19-33-18-9-11-26(33)21-34-27-12-6-5-10-25(27)22-38-31-14-8-7-13-28(31)34/h5-8,10,12-16,20,23,26H,9,11,17-19,21-22H2,1-4H3. The van der Waals surface area contributed by atoms with Crippen molar-refractivity contribution in [2.24, 2.45) is 0 Å². The van der Waals surface area contributed by atoms with Crippen molar-refractivity contribution in [3.63, 3.8) is 0 Å². The number of nitrogens with zero attached hydrogens (tertiary/aromatic N) is 3. The highest BCUT2D eigenvalue weighted by Crippen LogP contribution is 2.40. The fourth-order valence-corrected chi connectivity index (χ4v) is 5.55. The Labute approximate surface area is 231 Å². The van der Waals surface area contributed by atoms with E-state index in [1.165, 1.54) is 22.7 Å². The number of hydrogen-bond acceptors (Lipinski definition) is 6. The molecule has 1 amide bonds. The number of ether oxygens (including phenoxy) is 2. The Hall–Kier alpha value is -3.55. The Bertz CT molecular complexity index is 1240. The van der Waals surface area contributed by atoms with Gasteiger partial charge in [-0.05, 0) is 82.5 Å². The van der Waals surface area contributed by atoms with Gasteiger partial charge in [-0.2, -0.15) is 5.06 Å². The van der Waals surface area contributed by atoms with Gasteiger partial charge in [-0.3, -0.25) is 14.5 Å². The van der Waals surface area contributed by atoms with Gasteiger partial charge in [0.25, 0.3) is 0 Å². The van der Waals surface area contributed by atoms with Gasteiger partial charge in [0, 0.05) is 30.4 Å². The van der Waals surface area contributed by atoms with Crippen molar-refractivity contribution in [3.05, 3.63) is 77.9 Å². The summed E-state index contributed by atoms with van der Waals surface area (Å²) in [6.45, 7) is 9.25. The molecule has 1 fully saturated rings. The third kappa shape index (κ3) is 6.21. The summed E-state index contributed by atoms with van der Waals surface area (Å²) in [5.41, 5.74) is 4.81. The van der Waals surface area contributed by atoms with Crippen molar-refractivity contribution < 1.29 is 19.1 Å². The van der Waals surface area contributed by atoms with Crippen LogP contribution in [0.15, 0.2) is 66.7 Å². The molecule has 1 unspecified atom stereocenters. The lowest BCUT2D eigenvalue weighted by Gasteiger charge is -2.33. The van der Waals surface area contributed by atoms with Crippen molar-refractivity contribution in [3.8, 4) is 11.5 Å². The highest BCUT2D eigenvalue weighted by molar-refractivity contribution is 5.77. The normalized spacial score (nSPS) is 17.1. The molecule has 0 N–H and O–H groups in total. The number of anilines is 3. The topological polar surface area (TPSA) is 54.5 Å². The highest BCUT2D eigenvalue weighted by Gasteiger charge is 2.30. The molecule has 2 aliphatic rings. The van der Waals surface area contributed by atoms with E-state index in [2.05, 4.69) is 58.3 Å². The van der Waals surface area contributed by atoms with Crippen LogP contribution >= 0.6 is 0 Å². The fourth-order valence-electron chi connectivity index (χ4n) is 5.55. The molecule has 2 heterocycles. The molecule has 0 bridgehead atoms. The number of carbonyl (C=O) groups excluding carboxylic acids is 1. The first kappa shape index (κ1) is 27.0. The SMILES string of the molecule is COc1ccc(CCN2CCCC2CN2c3ccccc3COc3ccccc32)cc1N(C=O)OC(C)(C)C. The average Bonchev–Trinajstić information content (AvgIpc) is 3.32.